The summed E-state index contributed by atoms with van der Waals surface area (Å²) >= 11 is 2.74. The van der Waals surface area contributed by atoms with E-state index in [9.17, 15) is 14.7 Å². The van der Waals surface area contributed by atoms with E-state index in [1.807, 2.05) is 36.6 Å². The third-order valence-electron chi connectivity index (χ3n) is 7.93. The van der Waals surface area contributed by atoms with Gasteiger partial charge in [0.2, 0.25) is 5.91 Å². The number of carbonyl (C=O) groups excluding carboxylic acids is 2. The summed E-state index contributed by atoms with van der Waals surface area (Å²) in [5, 5.41) is 23.5. The number of carbonyl (C=O) groups is 2. The second-order valence-corrected chi connectivity index (χ2v) is 14.1. The summed E-state index contributed by atoms with van der Waals surface area (Å²) < 4.78 is 7.28. The van der Waals surface area contributed by atoms with Gasteiger partial charge in [-0.3, -0.25) is 9.36 Å². The normalized spacial score (nSPS) is 14.8. The lowest BCUT2D eigenvalue weighted by Gasteiger charge is -2.33. The van der Waals surface area contributed by atoms with Gasteiger partial charge in [0, 0.05) is 4.88 Å². The second-order valence-electron chi connectivity index (χ2n) is 12.0. The Morgan fingerprint density at radius 2 is 1.93 bits per heavy atom. The van der Waals surface area contributed by atoms with Crippen molar-refractivity contribution < 1.29 is 19.4 Å². The molecule has 0 saturated heterocycles. The number of benzene rings is 2. The molecule has 0 bridgehead atoms. The lowest BCUT2D eigenvalue weighted by atomic mass is 9.72. The second kappa shape index (κ2) is 12.5. The van der Waals surface area contributed by atoms with Crippen LogP contribution in [0.25, 0.3) is 17.1 Å². The minimum atomic E-state index is -0.390. The number of hydrogen-bond donors (Lipinski definition) is 2. The summed E-state index contributed by atoms with van der Waals surface area (Å²) in [5.74, 6) is 0.496. The topological polar surface area (TPSA) is 106 Å². The fourth-order valence-electron chi connectivity index (χ4n) is 5.60. The number of ether oxygens (including phenoxy) is 1. The molecule has 2 heterocycles. The van der Waals surface area contributed by atoms with Crippen LogP contribution in [0.2, 0.25) is 0 Å². The summed E-state index contributed by atoms with van der Waals surface area (Å²) in [4.78, 5) is 27.6. The highest BCUT2D eigenvalue weighted by Gasteiger charge is 2.34. The van der Waals surface area contributed by atoms with Crippen molar-refractivity contribution in [3.05, 3.63) is 69.6 Å². The van der Waals surface area contributed by atoms with Crippen LogP contribution in [0.1, 0.15) is 66.0 Å². The zero-order chi connectivity index (χ0) is 30.9. The molecule has 1 amide bonds. The van der Waals surface area contributed by atoms with Crippen LogP contribution in [0.5, 0.6) is 5.75 Å². The van der Waals surface area contributed by atoms with Crippen molar-refractivity contribution >= 4 is 40.0 Å². The van der Waals surface area contributed by atoms with Gasteiger partial charge < -0.3 is 15.2 Å². The monoisotopic (exact) mass is 618 g/mol. The quantitative estimate of drug-likeness (QED) is 0.157. The number of phenolic OH excluding ortho intramolecular Hbond substituents is 1. The summed E-state index contributed by atoms with van der Waals surface area (Å²) in [6.07, 6.45) is 2.67. The van der Waals surface area contributed by atoms with Crippen molar-refractivity contribution in [2.45, 2.75) is 66.0 Å². The number of thiophene rings is 1. The number of nitrogens with zero attached hydrogens (tertiary/aromatic N) is 3. The number of hydrogen-bond acceptors (Lipinski definition) is 8. The lowest BCUT2D eigenvalue weighted by Crippen LogP contribution is -2.26. The Kier molecular flexibility index (Phi) is 8.99. The SMILES string of the molecule is CCOC(=O)c1c(NC(=O)CSc2nnc(-c3ccccc3O)n2-c2ccc(C)cc2C)sc2c1CC[C@H](C(C)(C)C)C2. The van der Waals surface area contributed by atoms with Gasteiger partial charge in [0.1, 0.15) is 10.8 Å². The predicted molar refractivity (Wildman–Crippen MR) is 173 cm³/mol. The van der Waals surface area contributed by atoms with E-state index in [-0.39, 0.29) is 35.4 Å². The minimum Gasteiger partial charge on any atom is -0.507 e. The Morgan fingerprint density at radius 3 is 2.63 bits per heavy atom. The number of anilines is 1. The first-order chi connectivity index (χ1) is 20.5. The molecule has 2 aromatic heterocycles. The molecule has 226 valence electrons. The van der Waals surface area contributed by atoms with Gasteiger partial charge in [-0.05, 0) is 80.7 Å². The molecule has 10 heteroatoms. The molecule has 0 spiro atoms. The predicted octanol–water partition coefficient (Wildman–Crippen LogP) is 7.38. The largest absolute Gasteiger partial charge is 0.507 e. The average molecular weight is 619 g/mol. The number of fused-ring (bicyclic) bond motifs is 1. The molecule has 1 aliphatic carbocycles. The molecule has 43 heavy (non-hydrogen) atoms. The number of para-hydroxylation sites is 1. The number of aromatic hydroxyl groups is 1. The zero-order valence-electron chi connectivity index (χ0n) is 25.5. The Labute approximate surface area is 260 Å². The van der Waals surface area contributed by atoms with Crippen LogP contribution in [0.4, 0.5) is 5.00 Å². The highest BCUT2D eigenvalue weighted by atomic mass is 32.2. The molecule has 2 aromatic carbocycles. The van der Waals surface area contributed by atoms with Crippen molar-refractivity contribution in [3.63, 3.8) is 0 Å². The molecular formula is C33H38N4O4S2. The summed E-state index contributed by atoms with van der Waals surface area (Å²) in [6, 6.07) is 13.1. The highest BCUT2D eigenvalue weighted by Crippen LogP contribution is 2.44. The smallest absolute Gasteiger partial charge is 0.341 e. The van der Waals surface area contributed by atoms with Gasteiger partial charge in [-0.1, -0.05) is 62.4 Å². The van der Waals surface area contributed by atoms with Crippen molar-refractivity contribution in [1.82, 2.24) is 14.8 Å². The van der Waals surface area contributed by atoms with Gasteiger partial charge in [-0.15, -0.1) is 21.5 Å². The van der Waals surface area contributed by atoms with Gasteiger partial charge in [0.15, 0.2) is 11.0 Å². The molecule has 4 aromatic rings. The standard InChI is InChI=1S/C33H38N4O4S2/c1-7-41-31(40)28-23-14-13-21(33(4,5)6)17-26(23)43-30(28)34-27(39)18-42-32-36-35-29(22-10-8-9-11-25(22)38)37(32)24-15-12-19(2)16-20(24)3/h8-12,15-16,21,38H,7,13-14,17-18H2,1-6H3,(H,34,39)/t21-/m0/s1. The molecule has 0 radical (unpaired) electrons. The molecule has 1 atom stereocenters. The first-order valence-corrected chi connectivity index (χ1v) is 16.3. The Hall–Kier alpha value is -3.63. The van der Waals surface area contributed by atoms with Crippen LogP contribution in [0, 0.1) is 25.2 Å². The summed E-state index contributed by atoms with van der Waals surface area (Å²) in [7, 11) is 0. The van der Waals surface area contributed by atoms with E-state index in [2.05, 4.69) is 42.4 Å². The van der Waals surface area contributed by atoms with Crippen LogP contribution in [0.15, 0.2) is 47.6 Å². The molecular weight excluding hydrogens is 581 g/mol. The van der Waals surface area contributed by atoms with E-state index in [0.717, 1.165) is 46.5 Å². The highest BCUT2D eigenvalue weighted by molar-refractivity contribution is 7.99. The lowest BCUT2D eigenvalue weighted by molar-refractivity contribution is -0.113. The van der Waals surface area contributed by atoms with Crippen molar-refractivity contribution in [2.75, 3.05) is 17.7 Å². The average Bonchev–Trinajstić information content (AvgIpc) is 3.52. The number of thioether (sulfide) groups is 1. The number of aryl methyl sites for hydroxylation is 2. The number of aromatic nitrogens is 3. The molecule has 1 aliphatic rings. The third-order valence-corrected chi connectivity index (χ3v) is 10.0. The van der Waals surface area contributed by atoms with Crippen LogP contribution in [-0.4, -0.2) is 44.1 Å². The van der Waals surface area contributed by atoms with Crippen molar-refractivity contribution in [3.8, 4) is 22.8 Å². The Balaban J connectivity index is 1.42. The number of rotatable bonds is 8. The van der Waals surface area contributed by atoms with E-state index >= 15 is 0 Å². The molecule has 8 nitrogen and oxygen atoms in total. The molecule has 0 aliphatic heterocycles. The van der Waals surface area contributed by atoms with Gasteiger partial charge in [-0.2, -0.15) is 0 Å². The molecule has 2 N–H and O–H groups in total. The van der Waals surface area contributed by atoms with Crippen LogP contribution >= 0.6 is 23.1 Å². The maximum absolute atomic E-state index is 13.4. The maximum Gasteiger partial charge on any atom is 0.341 e. The van der Waals surface area contributed by atoms with Gasteiger partial charge in [0.05, 0.1) is 29.2 Å². The minimum absolute atomic E-state index is 0.0548. The fourth-order valence-corrected chi connectivity index (χ4v) is 7.68. The Morgan fingerprint density at radius 1 is 1.16 bits per heavy atom. The first-order valence-electron chi connectivity index (χ1n) is 14.5. The molecule has 0 unspecified atom stereocenters. The maximum atomic E-state index is 13.4. The van der Waals surface area contributed by atoms with Gasteiger partial charge >= 0.3 is 5.97 Å². The van der Waals surface area contributed by atoms with Gasteiger partial charge in [0.25, 0.3) is 0 Å². The number of esters is 1. The third kappa shape index (κ3) is 6.50. The number of amides is 1. The van der Waals surface area contributed by atoms with Crippen molar-refractivity contribution in [2.24, 2.45) is 11.3 Å². The van der Waals surface area contributed by atoms with Crippen LogP contribution in [0.3, 0.4) is 0 Å². The number of nitrogens with one attached hydrogen (secondary N) is 1. The molecule has 0 fully saturated rings. The van der Waals surface area contributed by atoms with Gasteiger partial charge in [-0.25, -0.2) is 4.79 Å². The number of phenols is 1. The summed E-state index contributed by atoms with van der Waals surface area (Å²) in [6.45, 7) is 12.9. The Bertz CT molecular complexity index is 1670. The summed E-state index contributed by atoms with van der Waals surface area (Å²) in [5.41, 5.74) is 5.20. The molecule has 0 saturated carbocycles. The van der Waals surface area contributed by atoms with E-state index < -0.39 is 0 Å². The van der Waals surface area contributed by atoms with E-state index in [4.69, 9.17) is 4.74 Å². The van der Waals surface area contributed by atoms with E-state index in [1.165, 1.54) is 23.1 Å². The fraction of sp³-hybridized carbons (Fsp3) is 0.394. The molecule has 5 rings (SSSR count). The first kappa shape index (κ1) is 30.8. The van der Waals surface area contributed by atoms with E-state index in [0.29, 0.717) is 33.0 Å². The van der Waals surface area contributed by atoms with E-state index in [1.54, 1.807) is 25.1 Å². The van der Waals surface area contributed by atoms with Crippen molar-refractivity contribution in [1.29, 1.82) is 0 Å². The zero-order valence-corrected chi connectivity index (χ0v) is 27.1. The van der Waals surface area contributed by atoms with Crippen LogP contribution in [-0.2, 0) is 22.4 Å². The van der Waals surface area contributed by atoms with Crippen LogP contribution < -0.4 is 5.32 Å².